The zero-order valence-corrected chi connectivity index (χ0v) is 36.9. The van der Waals surface area contributed by atoms with E-state index >= 15 is 0 Å². The molecule has 326 valence electrons. The molecule has 5 saturated heterocycles. The monoisotopic (exact) mass is 803 g/mol. The van der Waals surface area contributed by atoms with Gasteiger partial charge in [-0.1, -0.05) is 25.7 Å². The Morgan fingerprint density at radius 3 is 1.72 bits per heavy atom. The van der Waals surface area contributed by atoms with Crippen LogP contribution >= 0.6 is 0 Å². The Morgan fingerprint density at radius 2 is 1.19 bits per heavy atom. The van der Waals surface area contributed by atoms with E-state index in [1.807, 2.05) is 51.3 Å². The van der Waals surface area contributed by atoms with E-state index in [0.29, 0.717) is 18.6 Å². The van der Waals surface area contributed by atoms with Gasteiger partial charge in [0.2, 0.25) is 5.91 Å². The number of likely N-dealkylation sites (tertiary alicyclic amines) is 4. The first-order valence-corrected chi connectivity index (χ1v) is 22.7. The third-order valence-corrected chi connectivity index (χ3v) is 14.0. The highest BCUT2D eigenvalue weighted by molar-refractivity contribution is 5.79. The van der Waals surface area contributed by atoms with Crippen LogP contribution in [0.25, 0.3) is 0 Å². The minimum absolute atomic E-state index is 0.00966. The van der Waals surface area contributed by atoms with Gasteiger partial charge in [-0.05, 0) is 120 Å². The number of aliphatic hydroxyl groups excluding tert-OH is 1. The maximum Gasteiger partial charge on any atom is 0.410 e. The van der Waals surface area contributed by atoms with Crippen LogP contribution in [-0.2, 0) is 19.0 Å². The molecule has 2 unspecified atom stereocenters. The fourth-order valence-electron chi connectivity index (χ4n) is 10.8. The molecule has 0 bridgehead atoms. The summed E-state index contributed by atoms with van der Waals surface area (Å²) in [6.07, 6.45) is 14.9. The zero-order chi connectivity index (χ0) is 41.2. The van der Waals surface area contributed by atoms with Gasteiger partial charge in [-0.2, -0.15) is 0 Å². The van der Waals surface area contributed by atoms with Crippen LogP contribution < -0.4 is 5.32 Å². The van der Waals surface area contributed by atoms with E-state index in [2.05, 4.69) is 33.9 Å². The van der Waals surface area contributed by atoms with Crippen LogP contribution in [0, 0.1) is 0 Å². The number of carbonyl (C=O) groups is 3. The molecular formula is C44H78N6O7. The van der Waals surface area contributed by atoms with Gasteiger partial charge in [-0.15, -0.1) is 0 Å². The topological polar surface area (TPSA) is 127 Å². The first kappa shape index (κ1) is 44.4. The van der Waals surface area contributed by atoms with Gasteiger partial charge in [-0.25, -0.2) is 9.59 Å². The Labute approximate surface area is 343 Å². The molecule has 0 aromatic carbocycles. The Balaban J connectivity index is 0.000000194. The van der Waals surface area contributed by atoms with E-state index in [-0.39, 0.29) is 60.1 Å². The van der Waals surface area contributed by atoms with E-state index in [0.717, 1.165) is 116 Å². The van der Waals surface area contributed by atoms with E-state index in [4.69, 9.17) is 14.2 Å². The van der Waals surface area contributed by atoms with E-state index < -0.39 is 11.2 Å². The third kappa shape index (κ3) is 11.3. The molecule has 0 spiro atoms. The van der Waals surface area contributed by atoms with Gasteiger partial charge in [-0.3, -0.25) is 14.6 Å². The molecule has 6 atom stereocenters. The van der Waals surface area contributed by atoms with Crippen molar-refractivity contribution < 1.29 is 33.7 Å². The van der Waals surface area contributed by atoms with Gasteiger partial charge < -0.3 is 39.3 Å². The maximum atomic E-state index is 12.7. The van der Waals surface area contributed by atoms with Crippen LogP contribution in [0.2, 0.25) is 0 Å². The minimum Gasteiger partial charge on any atom is -0.444 e. The van der Waals surface area contributed by atoms with Crippen molar-refractivity contribution in [2.75, 3.05) is 59.0 Å². The number of ether oxygens (including phenoxy) is 3. The lowest BCUT2D eigenvalue weighted by Crippen LogP contribution is -2.62. The van der Waals surface area contributed by atoms with Gasteiger partial charge >= 0.3 is 12.2 Å². The molecule has 3 amide bonds. The largest absolute Gasteiger partial charge is 0.444 e. The second-order valence-electron chi connectivity index (χ2n) is 20.9. The molecule has 2 saturated carbocycles. The highest BCUT2D eigenvalue weighted by Gasteiger charge is 2.47. The Morgan fingerprint density at radius 1 is 0.702 bits per heavy atom. The van der Waals surface area contributed by atoms with Gasteiger partial charge in [0.25, 0.3) is 0 Å². The predicted molar refractivity (Wildman–Crippen MR) is 221 cm³/mol. The number of piperidine rings is 2. The number of morpholine rings is 1. The Bertz CT molecular complexity index is 1370. The molecule has 13 heteroatoms. The first-order valence-electron chi connectivity index (χ1n) is 22.7. The van der Waals surface area contributed by atoms with E-state index in [1.165, 1.54) is 19.3 Å². The van der Waals surface area contributed by atoms with Crippen molar-refractivity contribution in [1.29, 1.82) is 0 Å². The van der Waals surface area contributed by atoms with Crippen molar-refractivity contribution in [1.82, 2.24) is 29.8 Å². The van der Waals surface area contributed by atoms with E-state index in [9.17, 15) is 19.5 Å². The number of hydrogen-bond acceptors (Lipinski definition) is 10. The highest BCUT2D eigenvalue weighted by Crippen LogP contribution is 2.36. The van der Waals surface area contributed by atoms with Crippen LogP contribution in [0.15, 0.2) is 0 Å². The lowest BCUT2D eigenvalue weighted by atomic mass is 9.87. The summed E-state index contributed by atoms with van der Waals surface area (Å²) in [4.78, 5) is 48.6. The summed E-state index contributed by atoms with van der Waals surface area (Å²) < 4.78 is 17.0. The Hall–Kier alpha value is -2.19. The predicted octanol–water partition coefficient (Wildman–Crippen LogP) is 5.76. The molecule has 2 aliphatic carbocycles. The molecule has 2 N–H and O–H groups in total. The molecule has 5 aliphatic heterocycles. The van der Waals surface area contributed by atoms with Crippen LogP contribution in [0.1, 0.15) is 145 Å². The molecular weight excluding hydrogens is 725 g/mol. The van der Waals surface area contributed by atoms with Gasteiger partial charge in [0, 0.05) is 81.6 Å². The number of aliphatic hydroxyl groups is 1. The quantitative estimate of drug-likeness (QED) is 0.354. The van der Waals surface area contributed by atoms with Gasteiger partial charge in [0.05, 0.1) is 18.2 Å². The Kier molecular flexibility index (Phi) is 14.2. The number of hydrogen-bond donors (Lipinski definition) is 2. The summed E-state index contributed by atoms with van der Waals surface area (Å²) in [5, 5.41) is 13.9. The van der Waals surface area contributed by atoms with Crippen molar-refractivity contribution in [3.05, 3.63) is 0 Å². The lowest BCUT2D eigenvalue weighted by molar-refractivity contribution is -0.167. The number of nitrogens with one attached hydrogen (secondary N) is 1. The molecule has 0 aromatic rings. The summed E-state index contributed by atoms with van der Waals surface area (Å²) in [6.45, 7) is 23.4. The standard InChI is InChI=1S/C23H39N3O4.C21H39N3O3/c1-22(2,3)30-21(28)24-14-11-23(4,16-24)25-12-9-17(10-13-25)26-18-7-5-6-8-19(18)29-15-20(26)27;1-20(2,3)27-19(26)23-14-11-21(4,15-23)24-12-9-16(10-13-24)22-17-7-5-6-8-18(17)25/h17-19H,5-16H2,1-4H3;16-18,22,25H,5-15H2,1-4H3/t18-,19-,23?;17-,18-,21?/m00/s1. The summed E-state index contributed by atoms with van der Waals surface area (Å²) in [7, 11) is 0. The average molecular weight is 803 g/mol. The summed E-state index contributed by atoms with van der Waals surface area (Å²) >= 11 is 0. The van der Waals surface area contributed by atoms with Crippen molar-refractivity contribution in [3.63, 3.8) is 0 Å². The second-order valence-corrected chi connectivity index (χ2v) is 20.9. The number of amides is 3. The molecule has 7 fully saturated rings. The van der Waals surface area contributed by atoms with Gasteiger partial charge in [0.1, 0.15) is 17.8 Å². The molecule has 5 heterocycles. The van der Waals surface area contributed by atoms with Crippen molar-refractivity contribution in [3.8, 4) is 0 Å². The summed E-state index contributed by atoms with van der Waals surface area (Å²) in [5.74, 6) is 0.180. The van der Waals surface area contributed by atoms with Crippen molar-refractivity contribution >= 4 is 18.1 Å². The number of nitrogens with zero attached hydrogens (tertiary/aromatic N) is 5. The fourth-order valence-corrected chi connectivity index (χ4v) is 10.8. The molecule has 7 rings (SSSR count). The van der Waals surface area contributed by atoms with Gasteiger partial charge in [0.15, 0.2) is 0 Å². The molecule has 0 aromatic heterocycles. The van der Waals surface area contributed by atoms with Crippen LogP contribution in [0.3, 0.4) is 0 Å². The fraction of sp³-hybridized carbons (Fsp3) is 0.932. The normalized spacial score (nSPS) is 34.1. The van der Waals surface area contributed by atoms with E-state index in [1.54, 1.807) is 0 Å². The molecule has 13 nitrogen and oxygen atoms in total. The van der Waals surface area contributed by atoms with Crippen LogP contribution in [0.5, 0.6) is 0 Å². The molecule has 0 radical (unpaired) electrons. The summed E-state index contributed by atoms with van der Waals surface area (Å²) in [6, 6.07) is 1.39. The van der Waals surface area contributed by atoms with Crippen LogP contribution in [0.4, 0.5) is 9.59 Å². The first-order chi connectivity index (χ1) is 26.8. The minimum atomic E-state index is -0.462. The highest BCUT2D eigenvalue weighted by atomic mass is 16.6. The lowest BCUT2D eigenvalue weighted by Gasteiger charge is -2.50. The van der Waals surface area contributed by atoms with Crippen molar-refractivity contribution in [2.45, 2.75) is 204 Å². The third-order valence-electron chi connectivity index (χ3n) is 14.0. The average Bonchev–Trinajstić information content (AvgIpc) is 3.77. The smallest absolute Gasteiger partial charge is 0.410 e. The maximum absolute atomic E-state index is 12.7. The molecule has 57 heavy (non-hydrogen) atoms. The molecule has 7 aliphatic rings. The van der Waals surface area contributed by atoms with Crippen LogP contribution in [-0.4, -0.2) is 165 Å². The number of rotatable bonds is 5. The zero-order valence-electron chi connectivity index (χ0n) is 36.9. The summed E-state index contributed by atoms with van der Waals surface area (Å²) in [5.41, 5.74) is -0.865. The number of fused-ring (bicyclic) bond motifs is 1. The number of carbonyl (C=O) groups excluding carboxylic acids is 3. The SMILES string of the molecule is CC(C)(C)OC(=O)N1CCC(C)(N2CCC(N3C(=O)CO[C@H]4CCCC[C@@H]43)CC2)C1.CC(C)(C)OC(=O)N1CCC(C)(N2CCC(N[C@H]3CCCC[C@@H]3O)CC2)C1. The van der Waals surface area contributed by atoms with Crippen molar-refractivity contribution in [2.24, 2.45) is 0 Å². The second kappa shape index (κ2) is 18.2.